The largest absolute Gasteiger partial charge is 0.311 e. The van der Waals surface area contributed by atoms with Crippen LogP contribution < -0.4 is 5.32 Å². The van der Waals surface area contributed by atoms with Gasteiger partial charge in [0.15, 0.2) is 0 Å². The van der Waals surface area contributed by atoms with Crippen LogP contribution in [0.3, 0.4) is 0 Å². The average molecular weight is 321 g/mol. The summed E-state index contributed by atoms with van der Waals surface area (Å²) in [5.41, 5.74) is 0. The molecule has 0 unspecified atom stereocenters. The van der Waals surface area contributed by atoms with Crippen LogP contribution in [-0.4, -0.2) is 41.6 Å². The number of anilines is 1. The van der Waals surface area contributed by atoms with E-state index in [1.165, 1.54) is 24.6 Å². The second-order valence-electron chi connectivity index (χ2n) is 5.33. The number of amides is 1. The Hall–Kier alpha value is -1.90. The first-order chi connectivity index (χ1) is 10.7. The highest BCUT2D eigenvalue weighted by Crippen LogP contribution is 2.31. The molecule has 0 spiro atoms. The number of thioether (sulfide) groups is 1. The average Bonchev–Trinajstić information content (AvgIpc) is 3.21. The summed E-state index contributed by atoms with van der Waals surface area (Å²) < 4.78 is 3.54. The fraction of sp³-hybridized carbons (Fsp3) is 0.615. The van der Waals surface area contributed by atoms with Crippen molar-refractivity contribution in [3.05, 3.63) is 12.3 Å². The minimum atomic E-state index is -0.0117. The molecule has 2 aromatic rings. The van der Waals surface area contributed by atoms with Gasteiger partial charge in [0.05, 0.1) is 12.2 Å². The summed E-state index contributed by atoms with van der Waals surface area (Å²) in [5.74, 6) is 1.42. The molecule has 0 bridgehead atoms. The van der Waals surface area contributed by atoms with Crippen molar-refractivity contribution >= 4 is 23.5 Å². The Morgan fingerprint density at radius 1 is 1.45 bits per heavy atom. The molecular formula is C13H19N7OS. The lowest BCUT2D eigenvalue weighted by Crippen LogP contribution is -2.18. The van der Waals surface area contributed by atoms with Crippen molar-refractivity contribution in [3.8, 4) is 0 Å². The fourth-order valence-electron chi connectivity index (χ4n) is 2.64. The lowest BCUT2D eigenvalue weighted by atomic mass is 10.2. The molecule has 0 aliphatic heterocycles. The normalized spacial score (nSPS) is 15.3. The molecule has 9 heteroatoms. The van der Waals surface area contributed by atoms with Crippen molar-refractivity contribution in [3.63, 3.8) is 0 Å². The highest BCUT2D eigenvalue weighted by Gasteiger charge is 2.20. The molecule has 1 amide bonds. The molecule has 1 N–H and O–H groups in total. The SMILES string of the molecule is Cn1nnnc1SCCC(=O)Nc1ccnn1C1CCCC1. The zero-order chi connectivity index (χ0) is 15.4. The highest BCUT2D eigenvalue weighted by atomic mass is 32.2. The molecule has 118 valence electrons. The zero-order valence-corrected chi connectivity index (χ0v) is 13.3. The molecule has 0 atom stereocenters. The minimum absolute atomic E-state index is 0.0117. The van der Waals surface area contributed by atoms with Crippen molar-refractivity contribution in [2.45, 2.75) is 43.3 Å². The highest BCUT2D eigenvalue weighted by molar-refractivity contribution is 7.99. The van der Waals surface area contributed by atoms with Crippen LogP contribution in [0.5, 0.6) is 0 Å². The van der Waals surface area contributed by atoms with E-state index in [0.717, 1.165) is 18.7 Å². The van der Waals surface area contributed by atoms with Crippen molar-refractivity contribution in [1.82, 2.24) is 30.0 Å². The maximum atomic E-state index is 12.1. The van der Waals surface area contributed by atoms with Gasteiger partial charge in [-0.3, -0.25) is 4.79 Å². The van der Waals surface area contributed by atoms with Crippen LogP contribution in [0, 0.1) is 0 Å². The first-order valence-corrected chi connectivity index (χ1v) is 8.41. The molecule has 0 saturated heterocycles. The summed E-state index contributed by atoms with van der Waals surface area (Å²) in [6.45, 7) is 0. The Labute approximate surface area is 132 Å². The number of nitrogens with one attached hydrogen (secondary N) is 1. The molecule has 0 radical (unpaired) electrons. The van der Waals surface area contributed by atoms with Gasteiger partial charge in [-0.25, -0.2) is 9.36 Å². The maximum Gasteiger partial charge on any atom is 0.226 e. The Balaban J connectivity index is 1.49. The van der Waals surface area contributed by atoms with Gasteiger partial charge in [-0.15, -0.1) is 5.10 Å². The summed E-state index contributed by atoms with van der Waals surface area (Å²) in [4.78, 5) is 12.1. The molecule has 22 heavy (non-hydrogen) atoms. The van der Waals surface area contributed by atoms with Crippen LogP contribution in [-0.2, 0) is 11.8 Å². The van der Waals surface area contributed by atoms with E-state index in [9.17, 15) is 4.79 Å². The molecule has 1 saturated carbocycles. The topological polar surface area (TPSA) is 90.5 Å². The molecule has 1 fully saturated rings. The number of aromatic nitrogens is 6. The Morgan fingerprint density at radius 3 is 3.00 bits per heavy atom. The van der Waals surface area contributed by atoms with E-state index in [0.29, 0.717) is 23.4 Å². The lowest BCUT2D eigenvalue weighted by Gasteiger charge is -2.14. The van der Waals surface area contributed by atoms with Crippen molar-refractivity contribution in [2.24, 2.45) is 7.05 Å². The van der Waals surface area contributed by atoms with Gasteiger partial charge < -0.3 is 5.32 Å². The van der Waals surface area contributed by atoms with Gasteiger partial charge in [-0.1, -0.05) is 24.6 Å². The molecule has 1 aliphatic carbocycles. The van der Waals surface area contributed by atoms with Gasteiger partial charge in [-0.05, 0) is 23.3 Å². The van der Waals surface area contributed by atoms with E-state index >= 15 is 0 Å². The minimum Gasteiger partial charge on any atom is -0.311 e. The molecule has 1 aliphatic rings. The third-order valence-electron chi connectivity index (χ3n) is 3.75. The number of aryl methyl sites for hydroxylation is 1. The van der Waals surface area contributed by atoms with Gasteiger partial charge in [0.1, 0.15) is 5.82 Å². The van der Waals surface area contributed by atoms with Gasteiger partial charge >= 0.3 is 0 Å². The predicted octanol–water partition coefficient (Wildman–Crippen LogP) is 1.64. The van der Waals surface area contributed by atoms with Crippen molar-refractivity contribution in [2.75, 3.05) is 11.1 Å². The summed E-state index contributed by atoms with van der Waals surface area (Å²) in [6.07, 6.45) is 6.90. The van der Waals surface area contributed by atoms with Gasteiger partial charge in [-0.2, -0.15) is 5.10 Å². The number of hydrogen-bond donors (Lipinski definition) is 1. The van der Waals surface area contributed by atoms with E-state index in [1.807, 2.05) is 10.7 Å². The number of carbonyl (C=O) groups excluding carboxylic acids is 1. The van der Waals surface area contributed by atoms with Crippen molar-refractivity contribution < 1.29 is 4.79 Å². The van der Waals surface area contributed by atoms with Crippen LogP contribution in [0.1, 0.15) is 38.1 Å². The van der Waals surface area contributed by atoms with Crippen LogP contribution in [0.15, 0.2) is 17.4 Å². The molecule has 2 heterocycles. The van der Waals surface area contributed by atoms with E-state index in [2.05, 4.69) is 25.9 Å². The van der Waals surface area contributed by atoms with Gasteiger partial charge in [0, 0.05) is 25.3 Å². The number of rotatable bonds is 6. The van der Waals surface area contributed by atoms with E-state index in [1.54, 1.807) is 17.9 Å². The first-order valence-electron chi connectivity index (χ1n) is 7.42. The van der Waals surface area contributed by atoms with Crippen LogP contribution in [0.2, 0.25) is 0 Å². The quantitative estimate of drug-likeness (QED) is 0.813. The first kappa shape index (κ1) is 15.0. The second-order valence-corrected chi connectivity index (χ2v) is 6.39. The predicted molar refractivity (Wildman–Crippen MR) is 82.5 cm³/mol. The number of hydrogen-bond acceptors (Lipinski definition) is 6. The molecule has 8 nitrogen and oxygen atoms in total. The summed E-state index contributed by atoms with van der Waals surface area (Å²) in [7, 11) is 1.78. The van der Waals surface area contributed by atoms with E-state index in [-0.39, 0.29) is 5.91 Å². The maximum absolute atomic E-state index is 12.1. The molecule has 3 rings (SSSR count). The zero-order valence-electron chi connectivity index (χ0n) is 12.5. The Morgan fingerprint density at radius 2 is 2.27 bits per heavy atom. The Kier molecular flexibility index (Phi) is 4.71. The summed E-state index contributed by atoms with van der Waals surface area (Å²) in [6, 6.07) is 2.28. The summed E-state index contributed by atoms with van der Waals surface area (Å²) in [5, 5.41) is 19.2. The van der Waals surface area contributed by atoms with Crippen LogP contribution in [0.4, 0.5) is 5.82 Å². The standard InChI is InChI=1S/C13H19N7OS/c1-19-13(16-17-18-19)22-9-7-12(21)15-11-6-8-14-20(11)10-4-2-3-5-10/h6,8,10H,2-5,7,9H2,1H3,(H,15,21). The third-order valence-corrected chi connectivity index (χ3v) is 4.76. The van der Waals surface area contributed by atoms with E-state index < -0.39 is 0 Å². The molecule has 2 aromatic heterocycles. The monoisotopic (exact) mass is 321 g/mol. The lowest BCUT2D eigenvalue weighted by molar-refractivity contribution is -0.115. The van der Waals surface area contributed by atoms with Gasteiger partial charge in [0.2, 0.25) is 11.1 Å². The summed E-state index contributed by atoms with van der Waals surface area (Å²) >= 11 is 1.47. The second kappa shape index (κ2) is 6.91. The fourth-order valence-corrected chi connectivity index (χ4v) is 3.42. The van der Waals surface area contributed by atoms with E-state index in [4.69, 9.17) is 0 Å². The molecule has 0 aromatic carbocycles. The van der Waals surface area contributed by atoms with Crippen LogP contribution in [0.25, 0.3) is 0 Å². The third kappa shape index (κ3) is 3.46. The smallest absolute Gasteiger partial charge is 0.226 e. The number of tetrazole rings is 1. The number of nitrogens with zero attached hydrogens (tertiary/aromatic N) is 6. The Bertz CT molecular complexity index is 632. The van der Waals surface area contributed by atoms with Gasteiger partial charge in [0.25, 0.3) is 0 Å². The number of carbonyl (C=O) groups is 1. The van der Waals surface area contributed by atoms with Crippen LogP contribution >= 0.6 is 11.8 Å². The molecular weight excluding hydrogens is 302 g/mol. The van der Waals surface area contributed by atoms with Crippen molar-refractivity contribution in [1.29, 1.82) is 0 Å².